The Hall–Kier alpha value is -5.49. The van der Waals surface area contributed by atoms with Crippen molar-refractivity contribution in [3.8, 4) is 22.3 Å². The van der Waals surface area contributed by atoms with E-state index < -0.39 is 0 Å². The van der Waals surface area contributed by atoms with Crippen LogP contribution in [0.25, 0.3) is 53.5 Å². The third kappa shape index (κ3) is 4.56. The Bertz CT molecular complexity index is 3200. The fraction of sp³-hybridized carbons (Fsp3) is 0.154. The van der Waals surface area contributed by atoms with Gasteiger partial charge in [-0.05, 0) is 93.0 Å². The van der Waals surface area contributed by atoms with Crippen LogP contribution in [-0.4, -0.2) is 11.3 Å². The van der Waals surface area contributed by atoms with Gasteiger partial charge in [0.1, 0.15) is 0 Å². The van der Waals surface area contributed by atoms with Crippen molar-refractivity contribution in [2.45, 2.75) is 62.2 Å². The molecule has 0 radical (unpaired) electrons. The van der Waals surface area contributed by atoms with E-state index in [0.29, 0.717) is 0 Å². The van der Waals surface area contributed by atoms with Gasteiger partial charge in [0, 0.05) is 58.7 Å². The number of aryl methyl sites for hydroxylation is 1. The smallest absolute Gasteiger partial charge is 0.333 e. The lowest BCUT2D eigenvalue weighted by atomic mass is 9.44. The molecule has 0 spiro atoms. The quantitative estimate of drug-likeness (QED) is 0.162. The molecule has 5 heteroatoms. The number of rotatable bonds is 2. The normalized spacial score (nSPS) is 14.8. The van der Waals surface area contributed by atoms with Crippen molar-refractivity contribution in [3.63, 3.8) is 0 Å². The van der Waals surface area contributed by atoms with E-state index in [4.69, 9.17) is 0 Å². The van der Waals surface area contributed by atoms with Crippen LogP contribution >= 0.6 is 23.1 Å². The molecular weight excluding hydrogens is 728 g/mol. The summed E-state index contributed by atoms with van der Waals surface area (Å²) >= 11 is 3.87. The summed E-state index contributed by atoms with van der Waals surface area (Å²) in [5.41, 5.74) is 19.6. The summed E-state index contributed by atoms with van der Waals surface area (Å²) in [6.07, 6.45) is 0. The Kier molecular flexibility index (Phi) is 6.82. The first kappa shape index (κ1) is 33.6. The lowest BCUT2D eigenvalue weighted by Crippen LogP contribution is -2.57. The minimum atomic E-state index is -0.167. The van der Waals surface area contributed by atoms with Crippen LogP contribution in [0.1, 0.15) is 56.9 Å². The van der Waals surface area contributed by atoms with Gasteiger partial charge in [0.05, 0.1) is 15.9 Å². The lowest BCUT2D eigenvalue weighted by molar-refractivity contribution is 0.590. The largest absolute Gasteiger partial charge is 0.374 e. The second kappa shape index (κ2) is 11.6. The first-order chi connectivity index (χ1) is 27.6. The number of fused-ring (bicyclic) bond motifs is 11. The van der Waals surface area contributed by atoms with Gasteiger partial charge in [0.25, 0.3) is 0 Å². The summed E-state index contributed by atoms with van der Waals surface area (Å²) < 4.78 is 5.48. The molecule has 0 unspecified atom stereocenters. The van der Waals surface area contributed by atoms with Crippen LogP contribution in [0.3, 0.4) is 0 Å². The van der Waals surface area contributed by atoms with E-state index in [0.717, 1.165) is 0 Å². The van der Waals surface area contributed by atoms with E-state index in [1.807, 2.05) is 23.1 Å². The van der Waals surface area contributed by atoms with Gasteiger partial charge >= 0.3 is 6.85 Å². The molecule has 7 aromatic carbocycles. The maximum absolute atomic E-state index is 2.75. The van der Waals surface area contributed by atoms with E-state index in [2.05, 4.69) is 190 Å². The number of hydrogen-bond acceptors (Lipinski definition) is 3. The van der Waals surface area contributed by atoms with E-state index in [1.54, 1.807) is 0 Å². The molecule has 0 N–H and O–H groups in total. The summed E-state index contributed by atoms with van der Waals surface area (Å²) in [5, 5.41) is 2.70. The van der Waals surface area contributed by atoms with Gasteiger partial charge in [-0.15, -0.1) is 11.3 Å². The molecule has 2 nitrogen and oxygen atoms in total. The number of para-hydroxylation sites is 1. The predicted molar refractivity (Wildman–Crippen MR) is 247 cm³/mol. The molecule has 274 valence electrons. The Morgan fingerprint density at radius 1 is 0.596 bits per heavy atom. The zero-order chi connectivity index (χ0) is 38.5. The lowest BCUT2D eigenvalue weighted by Gasteiger charge is -2.43. The van der Waals surface area contributed by atoms with Crippen molar-refractivity contribution in [1.29, 1.82) is 0 Å². The SMILES string of the molecule is Cc1cc2c3c(c1)N(c1ccc(C(C)(C)C)cc1-c1ccccc1)c1cc4c(cc1B3n1c3c-2cccc3c2sc3ccccc3c21)C(C)(C)c1ccccc1S4. The number of nitrogens with zero attached hydrogens (tertiary/aromatic N) is 2. The highest BCUT2D eigenvalue weighted by atomic mass is 32.2. The average molecular weight is 769 g/mol. The Morgan fingerprint density at radius 3 is 2.21 bits per heavy atom. The van der Waals surface area contributed by atoms with Gasteiger partial charge in [-0.2, -0.15) is 0 Å². The average Bonchev–Trinajstić information content (AvgIpc) is 3.74. The molecule has 2 aromatic heterocycles. The van der Waals surface area contributed by atoms with E-state index in [1.165, 1.54) is 113 Å². The number of hydrogen-bond donors (Lipinski definition) is 0. The minimum Gasteiger partial charge on any atom is -0.374 e. The summed E-state index contributed by atoms with van der Waals surface area (Å²) in [7, 11) is 0. The molecule has 9 aromatic rings. The highest BCUT2D eigenvalue weighted by Gasteiger charge is 2.46. The third-order valence-corrected chi connectivity index (χ3v) is 15.3. The van der Waals surface area contributed by atoms with Crippen LogP contribution in [0.15, 0.2) is 149 Å². The molecular formula is C52H41BN2S2. The number of thiophene rings is 1. The highest BCUT2D eigenvalue weighted by molar-refractivity contribution is 7.99. The van der Waals surface area contributed by atoms with Gasteiger partial charge in [-0.25, -0.2) is 0 Å². The standard InChI is InChI=1S/C52H41BN2S2/c1-30-25-37-33-18-14-19-35-48(33)55(49-34-17-10-12-21-44(34)57-50(35)49)53-40-28-39-46(56-45-22-13-11-20-38(45)52(39,5)6)29-42(40)54(43(26-30)47(37)53)41-24-23-32(51(2,3)4)27-36(41)31-15-8-7-9-16-31/h7-29H,1-6H3. The fourth-order valence-corrected chi connectivity index (χ4v) is 12.9. The summed E-state index contributed by atoms with van der Waals surface area (Å²) in [4.78, 5) is 5.32. The van der Waals surface area contributed by atoms with E-state index in [9.17, 15) is 0 Å². The van der Waals surface area contributed by atoms with Crippen LogP contribution in [-0.2, 0) is 10.8 Å². The van der Waals surface area contributed by atoms with Gasteiger partial charge in [-0.1, -0.05) is 150 Å². The first-order valence-electron chi connectivity index (χ1n) is 20.1. The molecule has 0 atom stereocenters. The fourth-order valence-electron chi connectivity index (χ4n) is 10.3. The summed E-state index contributed by atoms with van der Waals surface area (Å²) in [6.45, 7) is 14.1. The molecule has 0 saturated heterocycles. The molecule has 0 amide bonds. The van der Waals surface area contributed by atoms with Crippen LogP contribution in [0.2, 0.25) is 0 Å². The van der Waals surface area contributed by atoms with Crippen molar-refractivity contribution in [3.05, 3.63) is 162 Å². The summed E-state index contributed by atoms with van der Waals surface area (Å²) in [5.74, 6) is 0. The Balaban J connectivity index is 1.25. The molecule has 0 bridgehead atoms. The zero-order valence-electron chi connectivity index (χ0n) is 33.1. The van der Waals surface area contributed by atoms with Crippen molar-refractivity contribution in [2.24, 2.45) is 0 Å². The summed E-state index contributed by atoms with van der Waals surface area (Å²) in [6, 6.07) is 53.4. The highest BCUT2D eigenvalue weighted by Crippen LogP contribution is 2.54. The van der Waals surface area contributed by atoms with E-state index in [-0.39, 0.29) is 17.7 Å². The van der Waals surface area contributed by atoms with Crippen molar-refractivity contribution < 1.29 is 0 Å². The molecule has 0 fully saturated rings. The molecule has 12 rings (SSSR count). The number of aromatic nitrogens is 1. The second-order valence-corrected chi connectivity index (χ2v) is 19.9. The van der Waals surface area contributed by atoms with Crippen molar-refractivity contribution >= 4 is 89.1 Å². The monoisotopic (exact) mass is 768 g/mol. The van der Waals surface area contributed by atoms with Gasteiger partial charge in [-0.3, -0.25) is 0 Å². The van der Waals surface area contributed by atoms with E-state index >= 15 is 0 Å². The molecule has 0 saturated carbocycles. The van der Waals surface area contributed by atoms with Gasteiger partial charge < -0.3 is 9.38 Å². The molecule has 3 aliphatic rings. The molecule has 3 aliphatic heterocycles. The van der Waals surface area contributed by atoms with Crippen LogP contribution in [0, 0.1) is 6.92 Å². The first-order valence-corrected chi connectivity index (χ1v) is 21.8. The second-order valence-electron chi connectivity index (χ2n) is 17.8. The maximum Gasteiger partial charge on any atom is 0.333 e. The van der Waals surface area contributed by atoms with Crippen LogP contribution < -0.4 is 15.8 Å². The molecule has 57 heavy (non-hydrogen) atoms. The van der Waals surface area contributed by atoms with Gasteiger partial charge in [0.15, 0.2) is 0 Å². The Morgan fingerprint density at radius 2 is 1.37 bits per heavy atom. The molecule has 0 aliphatic carbocycles. The number of benzene rings is 7. The topological polar surface area (TPSA) is 8.17 Å². The maximum atomic E-state index is 2.75. The zero-order valence-corrected chi connectivity index (χ0v) is 34.7. The minimum absolute atomic E-state index is 0.00232. The predicted octanol–water partition coefficient (Wildman–Crippen LogP) is 13.5. The van der Waals surface area contributed by atoms with Crippen molar-refractivity contribution in [1.82, 2.24) is 4.48 Å². The Labute approximate surface area is 342 Å². The van der Waals surface area contributed by atoms with Crippen LogP contribution in [0.4, 0.5) is 17.1 Å². The van der Waals surface area contributed by atoms with Crippen molar-refractivity contribution in [2.75, 3.05) is 4.90 Å². The number of anilines is 3. The van der Waals surface area contributed by atoms with Crippen LogP contribution in [0.5, 0.6) is 0 Å². The van der Waals surface area contributed by atoms with Gasteiger partial charge in [0.2, 0.25) is 0 Å². The third-order valence-electron chi connectivity index (χ3n) is 13.0. The molecule has 5 heterocycles.